The molecule has 2 N–H and O–H groups in total. The van der Waals surface area contributed by atoms with Crippen LogP contribution in [0.5, 0.6) is 11.5 Å². The van der Waals surface area contributed by atoms with Crippen LogP contribution in [0.15, 0.2) is 79.0 Å². The number of nitrogens with one attached hydrogen (secondary N) is 2. The molecule has 0 saturated carbocycles. The van der Waals surface area contributed by atoms with Gasteiger partial charge in [0.25, 0.3) is 0 Å². The average molecular weight is 457 g/mol. The average Bonchev–Trinajstić information content (AvgIpc) is 3.31. The number of hydrogen-bond acceptors (Lipinski definition) is 3. The monoisotopic (exact) mass is 456 g/mol. The number of methoxy groups -OCH3 is 2. The smallest absolute Gasteiger partial charge is 0.227 e. The van der Waals surface area contributed by atoms with Gasteiger partial charge in [0, 0.05) is 35.1 Å². The Morgan fingerprint density at radius 3 is 2.41 bits per heavy atom. The number of benzene rings is 3. The minimum Gasteiger partial charge on any atom is -0.493 e. The predicted octanol–water partition coefficient (Wildman–Crippen LogP) is 6.02. The lowest BCUT2D eigenvalue weighted by Crippen LogP contribution is -2.33. The Balaban J connectivity index is 1.70. The van der Waals surface area contributed by atoms with E-state index in [-0.39, 0.29) is 17.7 Å². The maximum absolute atomic E-state index is 13.4. The van der Waals surface area contributed by atoms with E-state index in [1.54, 1.807) is 14.2 Å². The molecule has 2 atom stereocenters. The fourth-order valence-electron chi connectivity index (χ4n) is 4.71. The van der Waals surface area contributed by atoms with Gasteiger partial charge in [-0.3, -0.25) is 4.79 Å². The number of aromatic amines is 1. The van der Waals surface area contributed by atoms with Crippen LogP contribution in [0.2, 0.25) is 0 Å². The molecule has 0 fully saturated rings. The van der Waals surface area contributed by atoms with Crippen LogP contribution in [0, 0.1) is 0 Å². The maximum Gasteiger partial charge on any atom is 0.227 e. The second-order valence-corrected chi connectivity index (χ2v) is 8.42. The topological polar surface area (TPSA) is 63.4 Å². The number of aromatic nitrogens is 1. The SMILES string of the molecule is CCCC(C(=O)NCC(c1cccc(OC)c1OC)c1c[nH]c2ccccc12)c1ccccc1. The lowest BCUT2D eigenvalue weighted by atomic mass is 9.89. The van der Waals surface area contributed by atoms with E-state index in [2.05, 4.69) is 29.4 Å². The fourth-order valence-corrected chi connectivity index (χ4v) is 4.71. The summed E-state index contributed by atoms with van der Waals surface area (Å²) in [6.45, 7) is 2.55. The van der Waals surface area contributed by atoms with Gasteiger partial charge in [0.15, 0.2) is 11.5 Å². The van der Waals surface area contributed by atoms with Crippen molar-refractivity contribution in [1.29, 1.82) is 0 Å². The summed E-state index contributed by atoms with van der Waals surface area (Å²) < 4.78 is 11.3. The minimum atomic E-state index is -0.179. The normalized spacial score (nSPS) is 12.8. The number of H-pyrrole nitrogens is 1. The van der Waals surface area contributed by atoms with Crippen molar-refractivity contribution in [3.63, 3.8) is 0 Å². The molecule has 0 spiro atoms. The van der Waals surface area contributed by atoms with Crippen molar-refractivity contribution in [3.05, 3.63) is 95.7 Å². The molecular weight excluding hydrogens is 424 g/mol. The predicted molar refractivity (Wildman–Crippen MR) is 137 cm³/mol. The van der Waals surface area contributed by atoms with Crippen LogP contribution >= 0.6 is 0 Å². The van der Waals surface area contributed by atoms with Gasteiger partial charge in [-0.1, -0.05) is 74.0 Å². The van der Waals surface area contributed by atoms with Crippen molar-refractivity contribution < 1.29 is 14.3 Å². The Morgan fingerprint density at radius 1 is 0.912 bits per heavy atom. The highest BCUT2D eigenvalue weighted by Gasteiger charge is 2.26. The van der Waals surface area contributed by atoms with Gasteiger partial charge in [0.05, 0.1) is 20.1 Å². The first-order chi connectivity index (χ1) is 16.7. The highest BCUT2D eigenvalue weighted by atomic mass is 16.5. The Labute approximate surface area is 201 Å². The van der Waals surface area contributed by atoms with Crippen LogP contribution in [0.4, 0.5) is 0 Å². The Kier molecular flexibility index (Phi) is 7.53. The largest absolute Gasteiger partial charge is 0.493 e. The molecule has 5 nitrogen and oxygen atoms in total. The van der Waals surface area contributed by atoms with Gasteiger partial charge in [-0.25, -0.2) is 0 Å². The molecule has 34 heavy (non-hydrogen) atoms. The lowest BCUT2D eigenvalue weighted by molar-refractivity contribution is -0.122. The molecule has 4 rings (SSSR count). The molecule has 176 valence electrons. The molecule has 0 aliphatic carbocycles. The van der Waals surface area contributed by atoms with Crippen molar-refractivity contribution in [1.82, 2.24) is 10.3 Å². The highest BCUT2D eigenvalue weighted by molar-refractivity contribution is 5.86. The number of ether oxygens (including phenoxy) is 2. The third-order valence-corrected chi connectivity index (χ3v) is 6.38. The molecule has 3 aromatic carbocycles. The molecule has 2 unspecified atom stereocenters. The van der Waals surface area contributed by atoms with Crippen molar-refractivity contribution in [2.75, 3.05) is 20.8 Å². The first-order valence-corrected chi connectivity index (χ1v) is 11.8. The van der Waals surface area contributed by atoms with Gasteiger partial charge < -0.3 is 19.8 Å². The number of carbonyl (C=O) groups excluding carboxylic acids is 1. The standard InChI is InChI=1S/C29H32N2O3/c1-4-11-21(20-12-6-5-7-13-20)29(32)31-19-25(23-15-10-17-27(33-2)28(23)34-3)24-18-30-26-16-9-8-14-22(24)26/h5-10,12-18,21,25,30H,4,11,19H2,1-3H3,(H,31,32). The maximum atomic E-state index is 13.4. The van der Waals surface area contributed by atoms with E-state index < -0.39 is 0 Å². The van der Waals surface area contributed by atoms with E-state index in [9.17, 15) is 4.79 Å². The first-order valence-electron chi connectivity index (χ1n) is 11.8. The third-order valence-electron chi connectivity index (χ3n) is 6.38. The van der Waals surface area contributed by atoms with E-state index in [1.165, 1.54) is 0 Å². The fraction of sp³-hybridized carbons (Fsp3) is 0.276. The number of hydrogen-bond donors (Lipinski definition) is 2. The molecule has 5 heteroatoms. The van der Waals surface area contributed by atoms with Gasteiger partial charge >= 0.3 is 0 Å². The van der Waals surface area contributed by atoms with Crippen LogP contribution in [0.1, 0.15) is 48.3 Å². The van der Waals surface area contributed by atoms with Crippen LogP contribution in [-0.2, 0) is 4.79 Å². The second kappa shape index (κ2) is 10.9. The summed E-state index contributed by atoms with van der Waals surface area (Å²) >= 11 is 0. The Morgan fingerprint density at radius 2 is 1.68 bits per heavy atom. The Bertz CT molecular complexity index is 1230. The summed E-state index contributed by atoms with van der Waals surface area (Å²) in [7, 11) is 3.29. The van der Waals surface area contributed by atoms with Crippen molar-refractivity contribution in [3.8, 4) is 11.5 Å². The summed E-state index contributed by atoms with van der Waals surface area (Å²) in [6.07, 6.45) is 3.76. The summed E-state index contributed by atoms with van der Waals surface area (Å²) in [5, 5.41) is 4.38. The van der Waals surface area contributed by atoms with E-state index >= 15 is 0 Å². The van der Waals surface area contributed by atoms with Gasteiger partial charge in [-0.15, -0.1) is 0 Å². The molecule has 0 bridgehead atoms. The molecule has 1 heterocycles. The molecule has 0 radical (unpaired) electrons. The first kappa shape index (κ1) is 23.4. The van der Waals surface area contributed by atoms with Crippen LogP contribution in [0.25, 0.3) is 10.9 Å². The number of amides is 1. The number of para-hydroxylation sites is 2. The van der Waals surface area contributed by atoms with Crippen molar-refractivity contribution >= 4 is 16.8 Å². The summed E-state index contributed by atoms with van der Waals surface area (Å²) in [4.78, 5) is 16.8. The molecule has 4 aromatic rings. The van der Waals surface area contributed by atoms with E-state index in [1.807, 2.05) is 66.9 Å². The molecule has 0 saturated heterocycles. The number of rotatable bonds is 10. The van der Waals surface area contributed by atoms with Gasteiger partial charge in [0.2, 0.25) is 5.91 Å². The van der Waals surface area contributed by atoms with E-state index in [0.717, 1.165) is 40.4 Å². The highest BCUT2D eigenvalue weighted by Crippen LogP contribution is 2.40. The zero-order valence-electron chi connectivity index (χ0n) is 20.0. The third kappa shape index (κ3) is 4.79. The van der Waals surface area contributed by atoms with E-state index in [4.69, 9.17) is 9.47 Å². The summed E-state index contributed by atoms with van der Waals surface area (Å²) in [5.41, 5.74) is 4.18. The Hall–Kier alpha value is -3.73. The zero-order valence-corrected chi connectivity index (χ0v) is 20.0. The minimum absolute atomic E-state index is 0.0414. The van der Waals surface area contributed by atoms with Gasteiger partial charge in [-0.2, -0.15) is 0 Å². The van der Waals surface area contributed by atoms with E-state index in [0.29, 0.717) is 18.0 Å². The van der Waals surface area contributed by atoms with Crippen molar-refractivity contribution in [2.45, 2.75) is 31.6 Å². The quantitative estimate of drug-likeness (QED) is 0.307. The van der Waals surface area contributed by atoms with Crippen LogP contribution in [-0.4, -0.2) is 31.7 Å². The van der Waals surface area contributed by atoms with Crippen LogP contribution < -0.4 is 14.8 Å². The van der Waals surface area contributed by atoms with Gasteiger partial charge in [-0.05, 0) is 29.7 Å². The lowest BCUT2D eigenvalue weighted by Gasteiger charge is -2.23. The molecule has 1 amide bonds. The second-order valence-electron chi connectivity index (χ2n) is 8.42. The molecule has 0 aliphatic rings. The van der Waals surface area contributed by atoms with Crippen molar-refractivity contribution in [2.24, 2.45) is 0 Å². The van der Waals surface area contributed by atoms with Gasteiger partial charge in [0.1, 0.15) is 0 Å². The summed E-state index contributed by atoms with van der Waals surface area (Å²) in [5.74, 6) is 1.09. The summed E-state index contributed by atoms with van der Waals surface area (Å²) in [6, 6.07) is 24.1. The molecule has 0 aliphatic heterocycles. The number of carbonyl (C=O) groups is 1. The zero-order chi connectivity index (χ0) is 23.9. The number of fused-ring (bicyclic) bond motifs is 1. The molecular formula is C29H32N2O3. The van der Waals surface area contributed by atoms with Crippen LogP contribution in [0.3, 0.4) is 0 Å². The molecule has 1 aromatic heterocycles.